The van der Waals surface area contributed by atoms with Crippen molar-refractivity contribution in [2.75, 3.05) is 6.61 Å². The maximum absolute atomic E-state index is 6.17. The number of ether oxygens (including phenoxy) is 1. The fourth-order valence-corrected chi connectivity index (χ4v) is 3.21. The molecule has 0 bridgehead atoms. The van der Waals surface area contributed by atoms with Gasteiger partial charge in [-0.1, -0.05) is 26.0 Å². The molecule has 21 heavy (non-hydrogen) atoms. The first-order valence-corrected chi connectivity index (χ1v) is 8.48. The van der Waals surface area contributed by atoms with E-state index in [1.807, 2.05) is 0 Å². The van der Waals surface area contributed by atoms with Crippen molar-refractivity contribution in [3.05, 3.63) is 0 Å². The van der Waals surface area contributed by atoms with Gasteiger partial charge in [0.2, 0.25) is 0 Å². The highest BCUT2D eigenvalue weighted by molar-refractivity contribution is 4.93. The minimum absolute atomic E-state index is 0.0594. The van der Waals surface area contributed by atoms with Gasteiger partial charge in [-0.25, -0.2) is 0 Å². The third-order valence-corrected chi connectivity index (χ3v) is 4.30. The molecular weight excluding hydrogens is 262 g/mol. The van der Waals surface area contributed by atoms with Gasteiger partial charge in [-0.2, -0.15) is 5.11 Å². The smallest absolute Gasteiger partial charge is 0.0949 e. The highest BCUT2D eigenvalue weighted by Gasteiger charge is 2.39. The van der Waals surface area contributed by atoms with E-state index >= 15 is 0 Å². The van der Waals surface area contributed by atoms with Crippen LogP contribution in [-0.4, -0.2) is 35.3 Å². The molecule has 0 amide bonds. The van der Waals surface area contributed by atoms with E-state index in [0.29, 0.717) is 18.2 Å². The SMILES string of the molecule is CC(C)(C)COC1CCCC2N=NN(C(C)(C)C)C2CC1. The van der Waals surface area contributed by atoms with Crippen LogP contribution in [0.5, 0.6) is 0 Å². The second-order valence-corrected chi connectivity index (χ2v) is 8.86. The van der Waals surface area contributed by atoms with Crippen molar-refractivity contribution < 1.29 is 4.74 Å². The van der Waals surface area contributed by atoms with E-state index in [0.717, 1.165) is 25.9 Å². The Hall–Kier alpha value is -0.640. The first-order chi connectivity index (χ1) is 9.67. The van der Waals surface area contributed by atoms with Gasteiger partial charge in [0.05, 0.1) is 30.3 Å². The molecule has 0 radical (unpaired) electrons. The van der Waals surface area contributed by atoms with Crippen LogP contribution in [0.15, 0.2) is 10.3 Å². The summed E-state index contributed by atoms with van der Waals surface area (Å²) in [5, 5.41) is 11.2. The zero-order valence-corrected chi connectivity index (χ0v) is 14.7. The summed E-state index contributed by atoms with van der Waals surface area (Å²) in [7, 11) is 0. The number of hydrogen-bond donors (Lipinski definition) is 0. The zero-order valence-electron chi connectivity index (χ0n) is 14.7. The van der Waals surface area contributed by atoms with Crippen molar-refractivity contribution in [2.45, 2.75) is 97.4 Å². The molecule has 0 aromatic carbocycles. The summed E-state index contributed by atoms with van der Waals surface area (Å²) in [6.45, 7) is 14.2. The summed E-state index contributed by atoms with van der Waals surface area (Å²) in [6.07, 6.45) is 6.21. The van der Waals surface area contributed by atoms with Crippen LogP contribution in [0.2, 0.25) is 0 Å². The van der Waals surface area contributed by atoms with Gasteiger partial charge >= 0.3 is 0 Å². The highest BCUT2D eigenvalue weighted by atomic mass is 16.5. The Morgan fingerprint density at radius 1 is 1.00 bits per heavy atom. The maximum Gasteiger partial charge on any atom is 0.0949 e. The van der Waals surface area contributed by atoms with Crippen LogP contribution >= 0.6 is 0 Å². The van der Waals surface area contributed by atoms with Crippen molar-refractivity contribution in [3.63, 3.8) is 0 Å². The minimum Gasteiger partial charge on any atom is -0.378 e. The topological polar surface area (TPSA) is 37.2 Å². The molecule has 1 saturated carbocycles. The molecular formula is C17H33N3O. The molecule has 0 saturated heterocycles. The lowest BCUT2D eigenvalue weighted by Gasteiger charge is -2.37. The lowest BCUT2D eigenvalue weighted by atomic mass is 9.89. The monoisotopic (exact) mass is 295 g/mol. The number of rotatable bonds is 2. The largest absolute Gasteiger partial charge is 0.378 e. The van der Waals surface area contributed by atoms with Crippen molar-refractivity contribution in [3.8, 4) is 0 Å². The van der Waals surface area contributed by atoms with Crippen molar-refractivity contribution >= 4 is 0 Å². The van der Waals surface area contributed by atoms with E-state index in [4.69, 9.17) is 4.74 Å². The van der Waals surface area contributed by atoms with Crippen LogP contribution in [0, 0.1) is 5.41 Å². The van der Waals surface area contributed by atoms with Gasteiger partial charge in [-0.3, -0.25) is 5.01 Å². The van der Waals surface area contributed by atoms with Gasteiger partial charge in [0.25, 0.3) is 0 Å². The summed E-state index contributed by atoms with van der Waals surface area (Å²) < 4.78 is 6.17. The molecule has 1 fully saturated rings. The van der Waals surface area contributed by atoms with E-state index in [1.165, 1.54) is 12.8 Å². The van der Waals surface area contributed by atoms with E-state index in [-0.39, 0.29) is 11.0 Å². The van der Waals surface area contributed by atoms with Gasteiger partial charge in [0, 0.05) is 0 Å². The van der Waals surface area contributed by atoms with Crippen LogP contribution in [0.4, 0.5) is 0 Å². The molecule has 1 heterocycles. The average Bonchev–Trinajstić information content (AvgIpc) is 2.69. The molecule has 4 nitrogen and oxygen atoms in total. The second kappa shape index (κ2) is 6.23. The molecule has 1 aliphatic heterocycles. The molecule has 3 unspecified atom stereocenters. The van der Waals surface area contributed by atoms with Crippen LogP contribution in [0.3, 0.4) is 0 Å². The highest BCUT2D eigenvalue weighted by Crippen LogP contribution is 2.34. The molecule has 0 N–H and O–H groups in total. The fourth-order valence-electron chi connectivity index (χ4n) is 3.21. The van der Waals surface area contributed by atoms with Gasteiger partial charge in [0.1, 0.15) is 0 Å². The third kappa shape index (κ3) is 4.67. The number of fused-ring (bicyclic) bond motifs is 1. The molecule has 3 atom stereocenters. The van der Waals surface area contributed by atoms with Gasteiger partial charge in [-0.15, -0.1) is 0 Å². The van der Waals surface area contributed by atoms with Crippen molar-refractivity contribution in [1.29, 1.82) is 0 Å². The quantitative estimate of drug-likeness (QED) is 0.746. The summed E-state index contributed by atoms with van der Waals surface area (Å²) in [5.41, 5.74) is 0.310. The molecule has 1 aliphatic carbocycles. The third-order valence-electron chi connectivity index (χ3n) is 4.30. The molecule has 2 rings (SSSR count). The predicted octanol–water partition coefficient (Wildman–Crippen LogP) is 4.60. The Labute approximate surface area is 130 Å². The van der Waals surface area contributed by atoms with Gasteiger partial charge < -0.3 is 4.74 Å². The first kappa shape index (κ1) is 16.7. The molecule has 0 aromatic heterocycles. The first-order valence-electron chi connectivity index (χ1n) is 8.48. The molecule has 0 aromatic rings. The van der Waals surface area contributed by atoms with Crippen molar-refractivity contribution in [1.82, 2.24) is 5.01 Å². The molecule has 4 heteroatoms. The minimum atomic E-state index is 0.0594. The predicted molar refractivity (Wildman–Crippen MR) is 86.3 cm³/mol. The van der Waals surface area contributed by atoms with E-state index in [2.05, 4.69) is 56.9 Å². The average molecular weight is 295 g/mol. The van der Waals surface area contributed by atoms with Crippen LogP contribution in [0.25, 0.3) is 0 Å². The zero-order chi connectivity index (χ0) is 15.7. The Kier molecular flexibility index (Phi) is 4.96. The maximum atomic E-state index is 6.17. The van der Waals surface area contributed by atoms with Crippen LogP contribution in [-0.2, 0) is 4.74 Å². The summed E-state index contributed by atoms with van der Waals surface area (Å²) in [5.74, 6) is 0. The van der Waals surface area contributed by atoms with Gasteiger partial charge in [-0.05, 0) is 58.3 Å². The molecule has 2 aliphatic rings. The van der Waals surface area contributed by atoms with Crippen LogP contribution in [0.1, 0.15) is 73.6 Å². The summed E-state index contributed by atoms with van der Waals surface area (Å²) >= 11 is 0. The molecule has 0 spiro atoms. The fraction of sp³-hybridized carbons (Fsp3) is 1.00. The Morgan fingerprint density at radius 3 is 2.33 bits per heavy atom. The lowest BCUT2D eigenvalue weighted by Crippen LogP contribution is -2.46. The summed E-state index contributed by atoms with van der Waals surface area (Å²) in [6, 6.07) is 0.860. The lowest BCUT2D eigenvalue weighted by molar-refractivity contribution is -0.0135. The van der Waals surface area contributed by atoms with E-state index < -0.39 is 0 Å². The second-order valence-electron chi connectivity index (χ2n) is 8.86. The summed E-state index contributed by atoms with van der Waals surface area (Å²) in [4.78, 5) is 0. The standard InChI is InChI=1S/C17H33N3O/c1-16(2,3)12-21-13-8-7-9-14-15(11-10-13)20(19-18-14)17(4,5)6/h13-15H,7-12H2,1-6H3. The molecule has 122 valence electrons. The Morgan fingerprint density at radius 2 is 1.71 bits per heavy atom. The van der Waals surface area contributed by atoms with E-state index in [1.54, 1.807) is 0 Å². The van der Waals surface area contributed by atoms with Gasteiger partial charge in [0.15, 0.2) is 0 Å². The number of nitrogens with zero attached hydrogens (tertiary/aromatic N) is 3. The van der Waals surface area contributed by atoms with E-state index in [9.17, 15) is 0 Å². The van der Waals surface area contributed by atoms with Crippen molar-refractivity contribution in [2.24, 2.45) is 15.8 Å². The Balaban J connectivity index is 1.93. The Bertz CT molecular complexity index is 367. The van der Waals surface area contributed by atoms with Crippen LogP contribution < -0.4 is 0 Å². The number of hydrogen-bond acceptors (Lipinski definition) is 4. The normalized spacial score (nSPS) is 31.0.